The molecule has 1 rings (SSSR count). The van der Waals surface area contributed by atoms with Crippen LogP contribution in [0.4, 0.5) is 0 Å². The topological polar surface area (TPSA) is 26.3 Å². The van der Waals surface area contributed by atoms with Gasteiger partial charge in [-0.2, -0.15) is 0 Å². The molecule has 0 aliphatic heterocycles. The lowest BCUT2D eigenvalue weighted by Gasteiger charge is -2.00. The van der Waals surface area contributed by atoms with E-state index in [1.54, 1.807) is 24.3 Å². The number of carbonyl (C=O) groups excluding carboxylic acids is 1. The lowest BCUT2D eigenvalue weighted by Crippen LogP contribution is -2.06. The fourth-order valence-electron chi connectivity index (χ4n) is 0.651. The van der Waals surface area contributed by atoms with Crippen LogP contribution >= 0.6 is 11.6 Å². The third-order valence-electron chi connectivity index (χ3n) is 1.18. The van der Waals surface area contributed by atoms with E-state index in [0.717, 1.165) is 0 Å². The second-order valence-corrected chi connectivity index (χ2v) is 2.56. The Bertz CT molecular complexity index is 293. The van der Waals surface area contributed by atoms with E-state index in [-0.39, 0.29) is 5.03 Å². The van der Waals surface area contributed by atoms with Crippen LogP contribution in [0.1, 0.15) is 0 Å². The summed E-state index contributed by atoms with van der Waals surface area (Å²) in [6, 6.07) is 8.68. The molecule has 0 saturated carbocycles. The van der Waals surface area contributed by atoms with Gasteiger partial charge in [0.05, 0.1) is 0 Å². The molecule has 3 heteroatoms. The highest BCUT2D eigenvalue weighted by Gasteiger charge is 2.05. The van der Waals surface area contributed by atoms with Crippen LogP contribution in [0.3, 0.4) is 0 Å². The number of hydrogen-bond acceptors (Lipinski definition) is 2. The van der Waals surface area contributed by atoms with Crippen LogP contribution in [0.2, 0.25) is 0 Å². The summed E-state index contributed by atoms with van der Waals surface area (Å²) in [7, 11) is 0. The average Bonchev–Trinajstić information content (AvgIpc) is 2.06. The Labute approximate surface area is 75.4 Å². The zero-order valence-electron chi connectivity index (χ0n) is 6.29. The summed E-state index contributed by atoms with van der Waals surface area (Å²) in [4.78, 5) is 10.9. The summed E-state index contributed by atoms with van der Waals surface area (Å²) >= 11 is 5.31. The monoisotopic (exact) mass is 182 g/mol. The van der Waals surface area contributed by atoms with Gasteiger partial charge in [0.15, 0.2) is 0 Å². The Kier molecular flexibility index (Phi) is 2.88. The number of para-hydroxylation sites is 1. The Morgan fingerprint density at radius 3 is 2.42 bits per heavy atom. The molecule has 1 aromatic carbocycles. The van der Waals surface area contributed by atoms with E-state index in [1.807, 2.05) is 6.07 Å². The molecule has 2 nitrogen and oxygen atoms in total. The lowest BCUT2D eigenvalue weighted by molar-refractivity contribution is -0.129. The fourth-order valence-corrected chi connectivity index (χ4v) is 0.690. The first kappa shape index (κ1) is 8.81. The van der Waals surface area contributed by atoms with E-state index in [0.29, 0.717) is 5.75 Å². The van der Waals surface area contributed by atoms with E-state index in [4.69, 9.17) is 16.3 Å². The van der Waals surface area contributed by atoms with Gasteiger partial charge < -0.3 is 4.74 Å². The van der Waals surface area contributed by atoms with Crippen molar-refractivity contribution in [1.29, 1.82) is 0 Å². The summed E-state index contributed by atoms with van der Waals surface area (Å²) in [6.45, 7) is 3.24. The van der Waals surface area contributed by atoms with Gasteiger partial charge in [0.2, 0.25) is 0 Å². The van der Waals surface area contributed by atoms with Crippen molar-refractivity contribution in [3.63, 3.8) is 0 Å². The van der Waals surface area contributed by atoms with Crippen molar-refractivity contribution >= 4 is 17.6 Å². The number of halogens is 1. The molecule has 0 spiro atoms. The summed E-state index contributed by atoms with van der Waals surface area (Å²) < 4.78 is 4.81. The first-order valence-corrected chi connectivity index (χ1v) is 3.69. The Hall–Kier alpha value is -1.28. The van der Waals surface area contributed by atoms with Crippen molar-refractivity contribution in [2.45, 2.75) is 0 Å². The van der Waals surface area contributed by atoms with E-state index >= 15 is 0 Å². The lowest BCUT2D eigenvalue weighted by atomic mass is 10.3. The van der Waals surface area contributed by atoms with Gasteiger partial charge in [-0.25, -0.2) is 4.79 Å². The van der Waals surface area contributed by atoms with Crippen LogP contribution in [0.15, 0.2) is 41.9 Å². The normalized spacial score (nSPS) is 9.08. The third kappa shape index (κ3) is 2.40. The van der Waals surface area contributed by atoms with E-state index < -0.39 is 5.97 Å². The van der Waals surface area contributed by atoms with Crippen LogP contribution in [0, 0.1) is 0 Å². The predicted octanol–water partition coefficient (Wildman–Crippen LogP) is 2.34. The molecule has 0 fully saturated rings. The quantitative estimate of drug-likeness (QED) is 0.399. The van der Waals surface area contributed by atoms with Gasteiger partial charge >= 0.3 is 5.97 Å². The number of hydrogen-bond donors (Lipinski definition) is 0. The van der Waals surface area contributed by atoms with E-state index in [2.05, 4.69) is 6.58 Å². The minimum absolute atomic E-state index is 0.126. The summed E-state index contributed by atoms with van der Waals surface area (Å²) in [6.07, 6.45) is 0. The maximum atomic E-state index is 10.9. The van der Waals surface area contributed by atoms with Gasteiger partial charge in [-0.05, 0) is 12.1 Å². The molecule has 0 aromatic heterocycles. The molecule has 0 saturated heterocycles. The first-order chi connectivity index (χ1) is 5.70. The minimum Gasteiger partial charge on any atom is -0.422 e. The standard InChI is InChI=1S/C9H7ClO2/c1-7(10)9(11)12-8-5-3-2-4-6-8/h2-6H,1H2. The van der Waals surface area contributed by atoms with E-state index in [9.17, 15) is 4.79 Å². The molecule has 0 aliphatic carbocycles. The average molecular weight is 183 g/mol. The van der Waals surface area contributed by atoms with Crippen LogP contribution in [0.25, 0.3) is 0 Å². The Morgan fingerprint density at radius 1 is 1.33 bits per heavy atom. The Morgan fingerprint density at radius 2 is 1.92 bits per heavy atom. The van der Waals surface area contributed by atoms with Crippen LogP contribution < -0.4 is 4.74 Å². The molecule has 12 heavy (non-hydrogen) atoms. The zero-order chi connectivity index (χ0) is 8.97. The molecule has 62 valence electrons. The summed E-state index contributed by atoms with van der Waals surface area (Å²) in [5, 5.41) is -0.126. The Balaban J connectivity index is 2.65. The smallest absolute Gasteiger partial charge is 0.354 e. The molecular formula is C9H7ClO2. The maximum Gasteiger partial charge on any atom is 0.354 e. The highest BCUT2D eigenvalue weighted by Crippen LogP contribution is 2.11. The zero-order valence-corrected chi connectivity index (χ0v) is 7.04. The first-order valence-electron chi connectivity index (χ1n) is 3.32. The predicted molar refractivity (Wildman–Crippen MR) is 47.1 cm³/mol. The van der Waals surface area contributed by atoms with Crippen molar-refractivity contribution in [3.8, 4) is 5.75 Å². The van der Waals surface area contributed by atoms with Gasteiger partial charge in [0.1, 0.15) is 10.8 Å². The molecule has 0 atom stereocenters. The highest BCUT2D eigenvalue weighted by molar-refractivity contribution is 6.41. The number of esters is 1. The van der Waals surface area contributed by atoms with Crippen molar-refractivity contribution in [2.75, 3.05) is 0 Å². The van der Waals surface area contributed by atoms with Crippen LogP contribution in [-0.2, 0) is 4.79 Å². The number of benzene rings is 1. The molecule has 0 N–H and O–H groups in total. The highest BCUT2D eigenvalue weighted by atomic mass is 35.5. The molecule has 0 amide bonds. The molecule has 0 radical (unpaired) electrons. The van der Waals surface area contributed by atoms with Gasteiger partial charge in [0.25, 0.3) is 0 Å². The molecule has 0 bridgehead atoms. The summed E-state index contributed by atoms with van der Waals surface area (Å²) in [5.74, 6) is -0.160. The SMILES string of the molecule is C=C(Cl)C(=O)Oc1ccccc1. The van der Waals surface area contributed by atoms with Crippen molar-refractivity contribution in [2.24, 2.45) is 0 Å². The largest absolute Gasteiger partial charge is 0.422 e. The third-order valence-corrected chi connectivity index (χ3v) is 1.33. The van der Waals surface area contributed by atoms with Crippen molar-refractivity contribution in [3.05, 3.63) is 41.9 Å². The van der Waals surface area contributed by atoms with Gasteiger partial charge in [0, 0.05) is 0 Å². The number of ether oxygens (including phenoxy) is 1. The number of carbonyl (C=O) groups is 1. The summed E-state index contributed by atoms with van der Waals surface area (Å²) in [5.41, 5.74) is 0. The second kappa shape index (κ2) is 3.93. The van der Waals surface area contributed by atoms with Crippen LogP contribution in [-0.4, -0.2) is 5.97 Å². The fraction of sp³-hybridized carbons (Fsp3) is 0. The van der Waals surface area contributed by atoms with Gasteiger partial charge in [-0.3, -0.25) is 0 Å². The maximum absolute atomic E-state index is 10.9. The van der Waals surface area contributed by atoms with Gasteiger partial charge in [-0.15, -0.1) is 0 Å². The van der Waals surface area contributed by atoms with Crippen LogP contribution in [0.5, 0.6) is 5.75 Å². The minimum atomic E-state index is -0.622. The number of rotatable bonds is 2. The van der Waals surface area contributed by atoms with E-state index in [1.165, 1.54) is 0 Å². The second-order valence-electron chi connectivity index (χ2n) is 2.11. The molecule has 0 aliphatic rings. The molecule has 0 heterocycles. The van der Waals surface area contributed by atoms with Gasteiger partial charge in [-0.1, -0.05) is 36.4 Å². The molecule has 0 unspecified atom stereocenters. The molecule has 1 aromatic rings. The molecular weight excluding hydrogens is 176 g/mol. The van der Waals surface area contributed by atoms with Crippen molar-refractivity contribution in [1.82, 2.24) is 0 Å². The van der Waals surface area contributed by atoms with Crippen molar-refractivity contribution < 1.29 is 9.53 Å².